The number of imidazole rings is 1. The van der Waals surface area contributed by atoms with E-state index in [0.717, 1.165) is 5.69 Å². The van der Waals surface area contributed by atoms with Crippen LogP contribution >= 0.6 is 0 Å². The molecule has 4 nitrogen and oxygen atoms in total. The van der Waals surface area contributed by atoms with Crippen LogP contribution < -0.4 is 0 Å². The van der Waals surface area contributed by atoms with Crippen molar-refractivity contribution in [1.82, 2.24) is 9.97 Å². The Balaban J connectivity index is 2.23. The second kappa shape index (κ2) is 3.61. The molecule has 1 aliphatic carbocycles. The molecule has 0 bridgehead atoms. The third-order valence-corrected chi connectivity index (χ3v) is 3.14. The Morgan fingerprint density at radius 3 is 2.60 bits per heavy atom. The normalized spacial score (nSPS) is 20.6. The summed E-state index contributed by atoms with van der Waals surface area (Å²) in [5.74, 6) is 0.127. The molecule has 1 fully saturated rings. The van der Waals surface area contributed by atoms with Gasteiger partial charge >= 0.3 is 0 Å². The minimum atomic E-state index is -0.829. The summed E-state index contributed by atoms with van der Waals surface area (Å²) in [7, 11) is 0. The number of carbonyl (C=O) groups is 2. The number of rotatable bonds is 2. The molecular weight excluding hydrogens is 192 g/mol. The van der Waals surface area contributed by atoms with Crippen LogP contribution in [0.1, 0.15) is 31.9 Å². The standard InChI is InChI=1S/C11H14N2O2/c1-11(5-8-6-12-7-13-8)9(14)3-2-4-10(11)15/h6-7H,2-5H2,1H3,(H,12,13). The highest BCUT2D eigenvalue weighted by Gasteiger charge is 2.42. The van der Waals surface area contributed by atoms with E-state index in [-0.39, 0.29) is 11.6 Å². The Bertz CT molecular complexity index is 365. The molecule has 1 aliphatic rings. The fraction of sp³-hybridized carbons (Fsp3) is 0.545. The first-order chi connectivity index (χ1) is 7.13. The first-order valence-electron chi connectivity index (χ1n) is 5.17. The number of nitrogens with zero attached hydrogens (tertiary/aromatic N) is 1. The van der Waals surface area contributed by atoms with E-state index in [2.05, 4.69) is 9.97 Å². The van der Waals surface area contributed by atoms with E-state index in [1.54, 1.807) is 19.4 Å². The summed E-state index contributed by atoms with van der Waals surface area (Å²) < 4.78 is 0. The predicted molar refractivity (Wildman–Crippen MR) is 54.3 cm³/mol. The Morgan fingerprint density at radius 1 is 1.40 bits per heavy atom. The van der Waals surface area contributed by atoms with Crippen LogP contribution in [0.4, 0.5) is 0 Å². The van der Waals surface area contributed by atoms with Crippen molar-refractivity contribution >= 4 is 11.6 Å². The SMILES string of the molecule is CC1(Cc2cnc[nH]2)C(=O)CCCC1=O. The van der Waals surface area contributed by atoms with Crippen LogP contribution in [0.2, 0.25) is 0 Å². The highest BCUT2D eigenvalue weighted by Crippen LogP contribution is 2.32. The molecule has 80 valence electrons. The number of aromatic amines is 1. The van der Waals surface area contributed by atoms with Gasteiger partial charge in [-0.1, -0.05) is 0 Å². The topological polar surface area (TPSA) is 62.8 Å². The molecule has 0 aliphatic heterocycles. The first-order valence-corrected chi connectivity index (χ1v) is 5.17. The van der Waals surface area contributed by atoms with Crippen molar-refractivity contribution in [2.24, 2.45) is 5.41 Å². The third-order valence-electron chi connectivity index (χ3n) is 3.14. The average molecular weight is 206 g/mol. The van der Waals surface area contributed by atoms with Gasteiger partial charge in [0.15, 0.2) is 0 Å². The van der Waals surface area contributed by atoms with Crippen molar-refractivity contribution in [2.75, 3.05) is 0 Å². The van der Waals surface area contributed by atoms with E-state index in [9.17, 15) is 9.59 Å². The number of carbonyl (C=O) groups excluding carboxylic acids is 2. The van der Waals surface area contributed by atoms with Crippen LogP contribution in [0, 0.1) is 5.41 Å². The zero-order chi connectivity index (χ0) is 10.9. The van der Waals surface area contributed by atoms with E-state index in [0.29, 0.717) is 25.7 Å². The fourth-order valence-electron chi connectivity index (χ4n) is 2.08. The number of Topliss-reactive ketones (excluding diaryl/α,β-unsaturated/α-hetero) is 2. The average Bonchev–Trinajstić information content (AvgIpc) is 2.67. The summed E-state index contributed by atoms with van der Waals surface area (Å²) in [6, 6.07) is 0. The molecule has 1 aromatic rings. The molecule has 0 saturated heterocycles. The molecule has 0 radical (unpaired) electrons. The lowest BCUT2D eigenvalue weighted by Gasteiger charge is -2.29. The largest absolute Gasteiger partial charge is 0.348 e. The van der Waals surface area contributed by atoms with Gasteiger partial charge in [-0.3, -0.25) is 9.59 Å². The molecular formula is C11H14N2O2. The molecule has 1 heterocycles. The van der Waals surface area contributed by atoms with Crippen molar-refractivity contribution < 1.29 is 9.59 Å². The van der Waals surface area contributed by atoms with E-state index in [1.165, 1.54) is 0 Å². The number of hydrogen-bond donors (Lipinski definition) is 1. The molecule has 1 saturated carbocycles. The Kier molecular flexibility index (Phi) is 2.42. The number of nitrogens with one attached hydrogen (secondary N) is 1. The summed E-state index contributed by atoms with van der Waals surface area (Å²) >= 11 is 0. The van der Waals surface area contributed by atoms with Crippen LogP contribution in [0.5, 0.6) is 0 Å². The van der Waals surface area contributed by atoms with E-state index >= 15 is 0 Å². The maximum absolute atomic E-state index is 11.8. The molecule has 0 atom stereocenters. The van der Waals surface area contributed by atoms with E-state index < -0.39 is 5.41 Å². The van der Waals surface area contributed by atoms with Gasteiger partial charge in [0.2, 0.25) is 0 Å². The molecule has 15 heavy (non-hydrogen) atoms. The summed E-state index contributed by atoms with van der Waals surface area (Å²) in [5, 5.41) is 0. The van der Waals surface area contributed by atoms with Gasteiger partial charge in [-0.25, -0.2) is 4.98 Å². The van der Waals surface area contributed by atoms with Crippen molar-refractivity contribution in [2.45, 2.75) is 32.6 Å². The minimum Gasteiger partial charge on any atom is -0.348 e. The molecule has 2 rings (SSSR count). The van der Waals surface area contributed by atoms with Gasteiger partial charge in [-0.15, -0.1) is 0 Å². The number of hydrogen-bond acceptors (Lipinski definition) is 3. The molecule has 0 aromatic carbocycles. The monoisotopic (exact) mass is 206 g/mol. The zero-order valence-electron chi connectivity index (χ0n) is 8.75. The van der Waals surface area contributed by atoms with E-state index in [4.69, 9.17) is 0 Å². The lowest BCUT2D eigenvalue weighted by atomic mass is 9.71. The van der Waals surface area contributed by atoms with Crippen LogP contribution in [0.3, 0.4) is 0 Å². The molecule has 0 unspecified atom stereocenters. The van der Waals surface area contributed by atoms with Crippen LogP contribution in [0.15, 0.2) is 12.5 Å². The van der Waals surface area contributed by atoms with Crippen molar-refractivity contribution in [3.63, 3.8) is 0 Å². The Labute approximate surface area is 88.1 Å². The predicted octanol–water partition coefficient (Wildman–Crippen LogP) is 1.28. The molecule has 0 spiro atoms. The highest BCUT2D eigenvalue weighted by atomic mass is 16.2. The minimum absolute atomic E-state index is 0.0633. The van der Waals surface area contributed by atoms with Crippen molar-refractivity contribution in [1.29, 1.82) is 0 Å². The van der Waals surface area contributed by atoms with Crippen molar-refractivity contribution in [3.8, 4) is 0 Å². The number of aromatic nitrogens is 2. The molecule has 0 amide bonds. The maximum atomic E-state index is 11.8. The van der Waals surface area contributed by atoms with Gasteiger partial charge in [-0.2, -0.15) is 0 Å². The second-order valence-corrected chi connectivity index (χ2v) is 4.29. The summed E-state index contributed by atoms with van der Waals surface area (Å²) in [6.07, 6.45) is 5.44. The van der Waals surface area contributed by atoms with Gasteiger partial charge in [0.25, 0.3) is 0 Å². The number of H-pyrrole nitrogens is 1. The zero-order valence-corrected chi connectivity index (χ0v) is 8.75. The van der Waals surface area contributed by atoms with Crippen molar-refractivity contribution in [3.05, 3.63) is 18.2 Å². The van der Waals surface area contributed by atoms with Gasteiger partial charge in [-0.05, 0) is 13.3 Å². The summed E-state index contributed by atoms with van der Waals surface area (Å²) in [5.41, 5.74) is 0.0197. The summed E-state index contributed by atoms with van der Waals surface area (Å²) in [6.45, 7) is 1.75. The van der Waals surface area contributed by atoms with Crippen LogP contribution in [-0.4, -0.2) is 21.5 Å². The Hall–Kier alpha value is -1.45. The quantitative estimate of drug-likeness (QED) is 0.741. The second-order valence-electron chi connectivity index (χ2n) is 4.29. The fourth-order valence-corrected chi connectivity index (χ4v) is 2.08. The smallest absolute Gasteiger partial charge is 0.146 e. The third kappa shape index (κ3) is 1.71. The van der Waals surface area contributed by atoms with Gasteiger partial charge in [0.1, 0.15) is 11.6 Å². The number of ketones is 2. The maximum Gasteiger partial charge on any atom is 0.146 e. The lowest BCUT2D eigenvalue weighted by molar-refractivity contribution is -0.142. The van der Waals surface area contributed by atoms with Gasteiger partial charge < -0.3 is 4.98 Å². The highest BCUT2D eigenvalue weighted by molar-refractivity contribution is 6.08. The van der Waals surface area contributed by atoms with Gasteiger partial charge in [0.05, 0.1) is 11.7 Å². The van der Waals surface area contributed by atoms with E-state index in [1.807, 2.05) is 0 Å². The van der Waals surface area contributed by atoms with Gasteiger partial charge in [0, 0.05) is 31.2 Å². The molecule has 1 N–H and O–H groups in total. The van der Waals surface area contributed by atoms with Crippen LogP contribution in [-0.2, 0) is 16.0 Å². The Morgan fingerprint density at radius 2 is 2.07 bits per heavy atom. The van der Waals surface area contributed by atoms with Crippen LogP contribution in [0.25, 0.3) is 0 Å². The first kappa shape index (κ1) is 10.1. The summed E-state index contributed by atoms with van der Waals surface area (Å²) in [4.78, 5) is 30.4. The molecule has 1 aromatic heterocycles. The lowest BCUT2D eigenvalue weighted by Crippen LogP contribution is -2.41. The molecule has 4 heteroatoms.